The lowest BCUT2D eigenvalue weighted by molar-refractivity contribution is 0.641. The molecule has 0 aliphatic rings. The molecule has 0 N–H and O–H groups in total. The summed E-state index contributed by atoms with van der Waals surface area (Å²) in [5.74, 6) is 0. The van der Waals surface area contributed by atoms with E-state index in [0.29, 0.717) is 0 Å². The summed E-state index contributed by atoms with van der Waals surface area (Å²) >= 11 is 0. The Hall–Kier alpha value is -2.34. The number of nitrogens with zero attached hydrogens (tertiary/aromatic N) is 6. The van der Waals surface area contributed by atoms with E-state index in [1.807, 2.05) is 12.1 Å². The molecule has 0 bridgehead atoms. The zero-order valence-electron chi connectivity index (χ0n) is 9.84. The first-order chi connectivity index (χ1) is 7.51. The third-order valence-electron chi connectivity index (χ3n) is 1.27. The lowest BCUT2D eigenvalue weighted by Gasteiger charge is -2.03. The number of allylic oxidation sites excluding steroid dienone is 2. The predicted octanol–water partition coefficient (Wildman–Crippen LogP) is 0.425. The van der Waals surface area contributed by atoms with E-state index >= 15 is 0 Å². The highest BCUT2D eigenvalue weighted by atomic mass is 15.1. The van der Waals surface area contributed by atoms with Crippen molar-refractivity contribution in [2.45, 2.75) is 0 Å². The van der Waals surface area contributed by atoms with Crippen LogP contribution in [0.15, 0.2) is 21.4 Å². The molecule has 6 nitrogen and oxygen atoms in total. The Morgan fingerprint density at radius 2 is 1.19 bits per heavy atom. The fourth-order valence-electron chi connectivity index (χ4n) is 0.632. The van der Waals surface area contributed by atoms with Crippen molar-refractivity contribution in [2.75, 3.05) is 28.2 Å². The Balaban J connectivity index is 5.11. The fraction of sp³-hybridized carbons (Fsp3) is 0.400. The molecule has 0 amide bonds. The van der Waals surface area contributed by atoms with Crippen molar-refractivity contribution < 1.29 is 0 Å². The molecule has 0 aliphatic carbocycles. The maximum Gasteiger partial charge on any atom is 0.178 e. The Morgan fingerprint density at radius 3 is 1.38 bits per heavy atom. The number of hydrogen-bond donors (Lipinski definition) is 0. The van der Waals surface area contributed by atoms with Crippen LogP contribution in [0.3, 0.4) is 0 Å². The Labute approximate surface area is 95.4 Å². The molecule has 0 radical (unpaired) electrons. The lowest BCUT2D eigenvalue weighted by atomic mass is 10.4. The van der Waals surface area contributed by atoms with E-state index in [0.717, 1.165) is 0 Å². The summed E-state index contributed by atoms with van der Waals surface area (Å²) in [5, 5.41) is 17.7. The van der Waals surface area contributed by atoms with Crippen LogP contribution in [-0.4, -0.2) is 50.7 Å². The Kier molecular flexibility index (Phi) is 5.99. The zero-order valence-corrected chi connectivity index (χ0v) is 9.84. The van der Waals surface area contributed by atoms with Crippen LogP contribution in [0.25, 0.3) is 0 Å². The smallest absolute Gasteiger partial charge is 0.178 e. The van der Waals surface area contributed by atoms with Crippen molar-refractivity contribution in [1.82, 2.24) is 9.80 Å². The highest BCUT2D eigenvalue weighted by Crippen LogP contribution is 2.05. The van der Waals surface area contributed by atoms with Crippen molar-refractivity contribution >= 4 is 12.7 Å². The SMILES string of the molecule is CN(C)C=N/C(C#N)=C(/C#N)N=CN(C)C. The highest BCUT2D eigenvalue weighted by molar-refractivity contribution is 5.61. The Bertz CT molecular complexity index is 351. The molecule has 0 spiro atoms. The minimum absolute atomic E-state index is 0.00528. The first-order valence-electron chi connectivity index (χ1n) is 4.47. The van der Waals surface area contributed by atoms with Gasteiger partial charge in [0.25, 0.3) is 0 Å². The number of rotatable bonds is 4. The van der Waals surface area contributed by atoms with E-state index in [1.165, 1.54) is 12.7 Å². The van der Waals surface area contributed by atoms with E-state index < -0.39 is 0 Å². The summed E-state index contributed by atoms with van der Waals surface area (Å²) in [5.41, 5.74) is -0.0106. The molecule has 0 rings (SSSR count). The van der Waals surface area contributed by atoms with E-state index in [9.17, 15) is 0 Å². The highest BCUT2D eigenvalue weighted by Gasteiger charge is 2.02. The van der Waals surface area contributed by atoms with Crippen LogP contribution < -0.4 is 0 Å². The van der Waals surface area contributed by atoms with Crippen molar-refractivity contribution in [3.8, 4) is 12.1 Å². The van der Waals surface area contributed by atoms with Crippen molar-refractivity contribution in [3.05, 3.63) is 11.4 Å². The van der Waals surface area contributed by atoms with Gasteiger partial charge < -0.3 is 9.80 Å². The summed E-state index contributed by atoms with van der Waals surface area (Å²) < 4.78 is 0. The van der Waals surface area contributed by atoms with Gasteiger partial charge in [-0.1, -0.05) is 0 Å². The van der Waals surface area contributed by atoms with Crippen LogP contribution in [0.4, 0.5) is 0 Å². The summed E-state index contributed by atoms with van der Waals surface area (Å²) in [7, 11) is 7.09. The molecule has 0 aromatic carbocycles. The van der Waals surface area contributed by atoms with Gasteiger partial charge in [-0.25, -0.2) is 9.98 Å². The van der Waals surface area contributed by atoms with E-state index in [1.54, 1.807) is 38.0 Å². The van der Waals surface area contributed by atoms with Gasteiger partial charge in [0.15, 0.2) is 11.4 Å². The van der Waals surface area contributed by atoms with Gasteiger partial charge in [0.2, 0.25) is 0 Å². The molecule has 6 heteroatoms. The molecule has 0 aliphatic heterocycles. The van der Waals surface area contributed by atoms with E-state index in [-0.39, 0.29) is 11.4 Å². The molecule has 0 fully saturated rings. The molecular weight excluding hydrogens is 204 g/mol. The van der Waals surface area contributed by atoms with Crippen LogP contribution in [0, 0.1) is 22.7 Å². The van der Waals surface area contributed by atoms with Gasteiger partial charge in [0.1, 0.15) is 12.1 Å². The van der Waals surface area contributed by atoms with Crippen molar-refractivity contribution in [1.29, 1.82) is 10.5 Å². The average Bonchev–Trinajstić information content (AvgIpc) is 2.22. The minimum Gasteiger partial charge on any atom is -0.369 e. The summed E-state index contributed by atoms with van der Waals surface area (Å²) in [4.78, 5) is 11.0. The molecule has 0 aromatic rings. The van der Waals surface area contributed by atoms with Gasteiger partial charge in [-0.15, -0.1) is 0 Å². The third kappa shape index (κ3) is 5.40. The van der Waals surface area contributed by atoms with Crippen LogP contribution in [-0.2, 0) is 0 Å². The molecule has 0 unspecified atom stereocenters. The lowest BCUT2D eigenvalue weighted by Crippen LogP contribution is -2.09. The maximum absolute atomic E-state index is 8.83. The normalized spacial score (nSPS) is 12.1. The quantitative estimate of drug-likeness (QED) is 0.389. The largest absolute Gasteiger partial charge is 0.369 e. The second-order valence-corrected chi connectivity index (χ2v) is 3.34. The average molecular weight is 218 g/mol. The van der Waals surface area contributed by atoms with Crippen LogP contribution in [0.2, 0.25) is 0 Å². The van der Waals surface area contributed by atoms with Gasteiger partial charge in [-0.2, -0.15) is 10.5 Å². The second-order valence-electron chi connectivity index (χ2n) is 3.34. The first-order valence-corrected chi connectivity index (χ1v) is 4.47. The topological polar surface area (TPSA) is 78.8 Å². The van der Waals surface area contributed by atoms with Crippen LogP contribution >= 0.6 is 0 Å². The zero-order chi connectivity index (χ0) is 12.6. The molecule has 0 saturated heterocycles. The molecule has 0 heterocycles. The van der Waals surface area contributed by atoms with Crippen molar-refractivity contribution in [2.24, 2.45) is 9.98 Å². The number of hydrogen-bond acceptors (Lipinski definition) is 4. The number of aliphatic imine (C=N–C) groups is 2. The molecule has 0 aromatic heterocycles. The summed E-state index contributed by atoms with van der Waals surface area (Å²) in [6.07, 6.45) is 2.89. The minimum atomic E-state index is -0.00528. The molecule has 84 valence electrons. The van der Waals surface area contributed by atoms with Gasteiger partial charge >= 0.3 is 0 Å². The van der Waals surface area contributed by atoms with Gasteiger partial charge in [0, 0.05) is 28.2 Å². The molecular formula is C10H14N6. The van der Waals surface area contributed by atoms with Gasteiger partial charge in [0.05, 0.1) is 12.7 Å². The van der Waals surface area contributed by atoms with E-state index in [4.69, 9.17) is 10.5 Å². The standard InChI is InChI=1S/C10H14N6/c1-15(2)7-13-9(5-11)10(6-12)14-8-16(3)4/h7-8H,1-4H3/b10-9-,13-7?,14-8?. The predicted molar refractivity (Wildman–Crippen MR) is 62.6 cm³/mol. The van der Waals surface area contributed by atoms with Gasteiger partial charge in [-0.05, 0) is 0 Å². The number of nitriles is 2. The third-order valence-corrected chi connectivity index (χ3v) is 1.27. The first kappa shape index (κ1) is 13.7. The van der Waals surface area contributed by atoms with Gasteiger partial charge in [-0.3, -0.25) is 0 Å². The monoisotopic (exact) mass is 218 g/mol. The van der Waals surface area contributed by atoms with Crippen molar-refractivity contribution in [3.63, 3.8) is 0 Å². The molecule has 0 atom stereocenters. The maximum atomic E-state index is 8.83. The van der Waals surface area contributed by atoms with Crippen LogP contribution in [0.5, 0.6) is 0 Å². The molecule has 0 saturated carbocycles. The summed E-state index contributed by atoms with van der Waals surface area (Å²) in [6.45, 7) is 0. The van der Waals surface area contributed by atoms with Crippen LogP contribution in [0.1, 0.15) is 0 Å². The summed E-state index contributed by atoms with van der Waals surface area (Å²) in [6, 6.07) is 3.66. The molecule has 16 heavy (non-hydrogen) atoms. The van der Waals surface area contributed by atoms with E-state index in [2.05, 4.69) is 9.98 Å². The second kappa shape index (κ2) is 7.02. The Morgan fingerprint density at radius 1 is 0.875 bits per heavy atom. The fourth-order valence-corrected chi connectivity index (χ4v) is 0.632.